The van der Waals surface area contributed by atoms with E-state index in [1.807, 2.05) is 39.8 Å². The molecule has 0 unspecified atom stereocenters. The molecule has 0 amide bonds. The van der Waals surface area contributed by atoms with Gasteiger partial charge in [0.25, 0.3) is 0 Å². The zero-order valence-corrected chi connectivity index (χ0v) is 13.1. The Hall–Kier alpha value is -1.87. The smallest absolute Gasteiger partial charge is 0.133 e. The lowest BCUT2D eigenvalue weighted by Crippen LogP contribution is -2.11. The highest BCUT2D eigenvalue weighted by atomic mass is 19.1. The van der Waals surface area contributed by atoms with E-state index < -0.39 is 0 Å². The van der Waals surface area contributed by atoms with E-state index in [-0.39, 0.29) is 5.82 Å². The summed E-state index contributed by atoms with van der Waals surface area (Å²) in [6.45, 7) is 9.58. The first-order valence-corrected chi connectivity index (χ1v) is 7.26. The van der Waals surface area contributed by atoms with Crippen molar-refractivity contribution in [1.29, 1.82) is 0 Å². The third kappa shape index (κ3) is 3.82. The molecule has 2 nitrogen and oxygen atoms in total. The van der Waals surface area contributed by atoms with Gasteiger partial charge in [-0.15, -0.1) is 0 Å². The van der Waals surface area contributed by atoms with Gasteiger partial charge >= 0.3 is 0 Å². The maximum absolute atomic E-state index is 13.7. The number of aryl methyl sites for hydroxylation is 2. The van der Waals surface area contributed by atoms with Crippen molar-refractivity contribution >= 4 is 0 Å². The number of ether oxygens (including phenoxy) is 1. The average Bonchev–Trinajstić information content (AvgIpc) is 2.45. The van der Waals surface area contributed by atoms with Crippen LogP contribution < -0.4 is 10.1 Å². The lowest BCUT2D eigenvalue weighted by atomic mass is 10.1. The summed E-state index contributed by atoms with van der Waals surface area (Å²) in [5.74, 6) is 1.08. The normalized spacial score (nSPS) is 10.7. The van der Waals surface area contributed by atoms with E-state index in [2.05, 4.69) is 11.4 Å². The molecule has 0 bridgehead atoms. The van der Waals surface area contributed by atoms with Gasteiger partial charge in [-0.1, -0.05) is 19.1 Å². The first-order valence-electron chi connectivity index (χ1n) is 7.26. The molecule has 0 spiro atoms. The van der Waals surface area contributed by atoms with E-state index in [0.717, 1.165) is 29.0 Å². The number of rotatable bonds is 5. The Morgan fingerprint density at radius 1 is 1.05 bits per heavy atom. The van der Waals surface area contributed by atoms with Crippen molar-refractivity contribution in [2.24, 2.45) is 0 Å². The summed E-state index contributed by atoms with van der Waals surface area (Å²) < 4.78 is 19.7. The van der Waals surface area contributed by atoms with Crippen LogP contribution in [0, 0.1) is 26.6 Å². The minimum absolute atomic E-state index is 0.275. The van der Waals surface area contributed by atoms with E-state index in [1.165, 1.54) is 17.7 Å². The van der Waals surface area contributed by atoms with Crippen LogP contribution in [0.2, 0.25) is 0 Å². The highest BCUT2D eigenvalue weighted by Gasteiger charge is 2.09. The Morgan fingerprint density at radius 2 is 1.76 bits per heavy atom. The van der Waals surface area contributed by atoms with Gasteiger partial charge in [0.05, 0.1) is 0 Å². The van der Waals surface area contributed by atoms with Gasteiger partial charge in [0.2, 0.25) is 0 Å². The third-order valence-electron chi connectivity index (χ3n) is 3.60. The summed E-state index contributed by atoms with van der Waals surface area (Å²) >= 11 is 0. The Kier molecular flexibility index (Phi) is 4.97. The lowest BCUT2D eigenvalue weighted by Gasteiger charge is -2.14. The third-order valence-corrected chi connectivity index (χ3v) is 3.60. The molecule has 0 atom stereocenters. The number of halogens is 1. The molecule has 21 heavy (non-hydrogen) atoms. The van der Waals surface area contributed by atoms with Crippen LogP contribution in [0.5, 0.6) is 11.5 Å². The summed E-state index contributed by atoms with van der Waals surface area (Å²) in [7, 11) is 0. The molecule has 2 aromatic carbocycles. The van der Waals surface area contributed by atoms with Crippen LogP contribution >= 0.6 is 0 Å². The first kappa shape index (κ1) is 15.5. The van der Waals surface area contributed by atoms with Crippen molar-refractivity contribution in [1.82, 2.24) is 5.32 Å². The van der Waals surface area contributed by atoms with Crippen molar-refractivity contribution in [3.63, 3.8) is 0 Å². The summed E-state index contributed by atoms with van der Waals surface area (Å²) in [6.07, 6.45) is 0. The molecule has 0 aliphatic heterocycles. The first-order chi connectivity index (χ1) is 10.0. The number of hydrogen-bond donors (Lipinski definition) is 1. The highest BCUT2D eigenvalue weighted by Crippen LogP contribution is 2.31. The molecule has 0 aromatic heterocycles. The molecule has 0 aliphatic carbocycles. The SMILES string of the molecule is CCNCc1cc(F)cc(Oc2c(C)ccc(C)c2C)c1. The molecule has 0 fully saturated rings. The largest absolute Gasteiger partial charge is 0.457 e. The second-order valence-corrected chi connectivity index (χ2v) is 5.33. The second-order valence-electron chi connectivity index (χ2n) is 5.33. The quantitative estimate of drug-likeness (QED) is 0.864. The highest BCUT2D eigenvalue weighted by molar-refractivity contribution is 5.47. The van der Waals surface area contributed by atoms with Crippen LogP contribution in [0.25, 0.3) is 0 Å². The number of nitrogens with one attached hydrogen (secondary N) is 1. The minimum atomic E-state index is -0.275. The Balaban J connectivity index is 2.31. The molecule has 2 rings (SSSR count). The molecule has 3 heteroatoms. The van der Waals surface area contributed by atoms with Crippen LogP contribution in [0.4, 0.5) is 4.39 Å². The van der Waals surface area contributed by atoms with Gasteiger partial charge in [-0.25, -0.2) is 4.39 Å². The maximum atomic E-state index is 13.7. The van der Waals surface area contributed by atoms with Crippen LogP contribution in [-0.4, -0.2) is 6.54 Å². The van der Waals surface area contributed by atoms with Crippen molar-refractivity contribution < 1.29 is 9.13 Å². The second kappa shape index (κ2) is 6.72. The lowest BCUT2D eigenvalue weighted by molar-refractivity contribution is 0.467. The monoisotopic (exact) mass is 287 g/mol. The molecule has 0 saturated carbocycles. The molecule has 0 radical (unpaired) electrons. The summed E-state index contributed by atoms with van der Waals surface area (Å²) in [4.78, 5) is 0. The fraction of sp³-hybridized carbons (Fsp3) is 0.333. The average molecular weight is 287 g/mol. The molecule has 1 N–H and O–H groups in total. The van der Waals surface area contributed by atoms with Crippen molar-refractivity contribution in [2.45, 2.75) is 34.2 Å². The number of hydrogen-bond acceptors (Lipinski definition) is 2. The molecular formula is C18H22FNO. The fourth-order valence-corrected chi connectivity index (χ4v) is 2.25. The number of benzene rings is 2. The van der Waals surface area contributed by atoms with Gasteiger partial charge in [0, 0.05) is 12.6 Å². The van der Waals surface area contributed by atoms with Crippen LogP contribution in [-0.2, 0) is 6.54 Å². The van der Waals surface area contributed by atoms with E-state index >= 15 is 0 Å². The van der Waals surface area contributed by atoms with Gasteiger partial charge in [-0.2, -0.15) is 0 Å². The predicted octanol–water partition coefficient (Wildman–Crippen LogP) is 4.65. The molecule has 0 saturated heterocycles. The van der Waals surface area contributed by atoms with Gasteiger partial charge < -0.3 is 10.1 Å². The van der Waals surface area contributed by atoms with E-state index in [9.17, 15) is 4.39 Å². The predicted molar refractivity (Wildman–Crippen MR) is 84.5 cm³/mol. The van der Waals surface area contributed by atoms with E-state index in [0.29, 0.717) is 12.3 Å². The Labute approximate surface area is 126 Å². The van der Waals surface area contributed by atoms with Crippen LogP contribution in [0.15, 0.2) is 30.3 Å². The van der Waals surface area contributed by atoms with Gasteiger partial charge in [0.1, 0.15) is 17.3 Å². The van der Waals surface area contributed by atoms with Gasteiger partial charge in [-0.05, 0) is 61.7 Å². The van der Waals surface area contributed by atoms with Crippen LogP contribution in [0.3, 0.4) is 0 Å². The van der Waals surface area contributed by atoms with Gasteiger partial charge in [0.15, 0.2) is 0 Å². The van der Waals surface area contributed by atoms with Gasteiger partial charge in [-0.3, -0.25) is 0 Å². The van der Waals surface area contributed by atoms with E-state index in [4.69, 9.17) is 4.74 Å². The Morgan fingerprint density at radius 3 is 2.48 bits per heavy atom. The maximum Gasteiger partial charge on any atom is 0.133 e. The minimum Gasteiger partial charge on any atom is -0.457 e. The van der Waals surface area contributed by atoms with Crippen molar-refractivity contribution in [3.05, 3.63) is 58.4 Å². The zero-order valence-electron chi connectivity index (χ0n) is 13.1. The zero-order chi connectivity index (χ0) is 15.4. The molecular weight excluding hydrogens is 265 g/mol. The van der Waals surface area contributed by atoms with Crippen molar-refractivity contribution in [3.8, 4) is 11.5 Å². The molecule has 0 heterocycles. The Bertz CT molecular complexity index is 637. The van der Waals surface area contributed by atoms with Crippen LogP contribution in [0.1, 0.15) is 29.2 Å². The van der Waals surface area contributed by atoms with Crippen molar-refractivity contribution in [2.75, 3.05) is 6.54 Å². The summed E-state index contributed by atoms with van der Waals surface area (Å²) in [5, 5.41) is 3.19. The van der Waals surface area contributed by atoms with E-state index in [1.54, 1.807) is 0 Å². The standard InChI is InChI=1S/C18H22FNO/c1-5-20-11-15-8-16(19)10-17(9-15)21-18-13(3)7-6-12(2)14(18)4/h6-10,20H,5,11H2,1-4H3. The summed E-state index contributed by atoms with van der Waals surface area (Å²) in [5.41, 5.74) is 4.19. The summed E-state index contributed by atoms with van der Waals surface area (Å²) in [6, 6.07) is 8.94. The topological polar surface area (TPSA) is 21.3 Å². The molecule has 2 aromatic rings. The fourth-order valence-electron chi connectivity index (χ4n) is 2.25. The molecule has 0 aliphatic rings. The molecule has 112 valence electrons.